The zero-order valence-electron chi connectivity index (χ0n) is 10.6. The van der Waals surface area contributed by atoms with Gasteiger partial charge in [-0.1, -0.05) is 34.1 Å². The maximum Gasteiger partial charge on any atom is 0.261 e. The molecule has 0 aliphatic carbocycles. The zero-order valence-corrected chi connectivity index (χ0v) is 13.0. The van der Waals surface area contributed by atoms with Crippen LogP contribution in [0.1, 0.15) is 5.56 Å². The van der Waals surface area contributed by atoms with Gasteiger partial charge in [-0.15, -0.1) is 0 Å². The van der Waals surface area contributed by atoms with Gasteiger partial charge in [0.25, 0.3) is 10.0 Å². The minimum absolute atomic E-state index is 0.0725. The predicted molar refractivity (Wildman–Crippen MR) is 82.2 cm³/mol. The smallest absolute Gasteiger partial charge is 0.261 e. The molecule has 0 heterocycles. The van der Waals surface area contributed by atoms with Crippen LogP contribution < -0.4 is 4.72 Å². The van der Waals surface area contributed by atoms with Crippen LogP contribution >= 0.6 is 15.9 Å². The summed E-state index contributed by atoms with van der Waals surface area (Å²) in [7, 11) is -3.59. The van der Waals surface area contributed by atoms with Crippen molar-refractivity contribution >= 4 is 31.6 Å². The van der Waals surface area contributed by atoms with Crippen molar-refractivity contribution < 1.29 is 13.5 Å². The first-order valence-electron chi connectivity index (χ1n) is 5.99. The Labute approximate surface area is 126 Å². The Morgan fingerprint density at radius 2 is 1.80 bits per heavy atom. The molecule has 0 bridgehead atoms. The molecule has 2 rings (SSSR count). The van der Waals surface area contributed by atoms with Gasteiger partial charge in [-0.2, -0.15) is 0 Å². The van der Waals surface area contributed by atoms with Crippen molar-refractivity contribution in [1.82, 2.24) is 0 Å². The molecule has 106 valence electrons. The van der Waals surface area contributed by atoms with E-state index in [1.54, 1.807) is 42.5 Å². The lowest BCUT2D eigenvalue weighted by Gasteiger charge is -2.09. The van der Waals surface area contributed by atoms with Crippen molar-refractivity contribution in [2.45, 2.75) is 11.3 Å². The first-order valence-corrected chi connectivity index (χ1v) is 8.27. The van der Waals surface area contributed by atoms with Gasteiger partial charge in [0.2, 0.25) is 0 Å². The third-order valence-corrected chi connectivity index (χ3v) is 4.59. The molecule has 0 saturated carbocycles. The molecule has 0 radical (unpaired) electrons. The van der Waals surface area contributed by atoms with Gasteiger partial charge in [-0.3, -0.25) is 4.72 Å². The summed E-state index contributed by atoms with van der Waals surface area (Å²) in [4.78, 5) is 0.200. The second-order valence-electron chi connectivity index (χ2n) is 4.23. The highest BCUT2D eigenvalue weighted by molar-refractivity contribution is 9.10. The Balaban J connectivity index is 2.20. The van der Waals surface area contributed by atoms with Crippen LogP contribution in [0.25, 0.3) is 0 Å². The number of sulfonamides is 1. The van der Waals surface area contributed by atoms with Gasteiger partial charge in [-0.05, 0) is 42.3 Å². The number of benzene rings is 2. The summed E-state index contributed by atoms with van der Waals surface area (Å²) >= 11 is 3.25. The minimum atomic E-state index is -3.59. The van der Waals surface area contributed by atoms with Gasteiger partial charge in [0.1, 0.15) is 0 Å². The first-order chi connectivity index (χ1) is 9.51. The van der Waals surface area contributed by atoms with Crippen molar-refractivity contribution in [2.75, 3.05) is 11.3 Å². The lowest BCUT2D eigenvalue weighted by Crippen LogP contribution is -2.12. The molecule has 6 heteroatoms. The Hall–Kier alpha value is -1.37. The minimum Gasteiger partial charge on any atom is -0.396 e. The molecular weight excluding hydrogens is 342 g/mol. The van der Waals surface area contributed by atoms with E-state index >= 15 is 0 Å². The normalized spacial score (nSPS) is 11.3. The monoisotopic (exact) mass is 355 g/mol. The fraction of sp³-hybridized carbons (Fsp3) is 0.143. The summed E-state index contributed by atoms with van der Waals surface area (Å²) < 4.78 is 27.6. The fourth-order valence-corrected chi connectivity index (χ4v) is 3.37. The second-order valence-corrected chi connectivity index (χ2v) is 6.83. The summed E-state index contributed by atoms with van der Waals surface area (Å²) in [6.07, 6.45) is 0.554. The molecule has 0 unspecified atom stereocenters. The number of aliphatic hydroxyl groups is 1. The number of aliphatic hydroxyl groups excluding tert-OH is 1. The van der Waals surface area contributed by atoms with Crippen LogP contribution in [0.5, 0.6) is 0 Å². The summed E-state index contributed by atoms with van der Waals surface area (Å²) in [6, 6.07) is 13.5. The van der Waals surface area contributed by atoms with E-state index in [-0.39, 0.29) is 11.5 Å². The number of hydrogen-bond acceptors (Lipinski definition) is 3. The van der Waals surface area contributed by atoms with Gasteiger partial charge >= 0.3 is 0 Å². The molecule has 0 fully saturated rings. The van der Waals surface area contributed by atoms with Crippen molar-refractivity contribution in [3.63, 3.8) is 0 Å². The Morgan fingerprint density at radius 3 is 2.40 bits per heavy atom. The van der Waals surface area contributed by atoms with Crippen LogP contribution in [0.15, 0.2) is 57.9 Å². The lowest BCUT2D eigenvalue weighted by molar-refractivity contribution is 0.299. The van der Waals surface area contributed by atoms with E-state index in [9.17, 15) is 8.42 Å². The van der Waals surface area contributed by atoms with Gasteiger partial charge in [0, 0.05) is 16.8 Å². The SMILES string of the molecule is O=S(=O)(Nc1ccc(CCO)cc1)c1cccc(Br)c1. The highest BCUT2D eigenvalue weighted by atomic mass is 79.9. The molecule has 0 saturated heterocycles. The first kappa shape index (κ1) is 15.0. The zero-order chi connectivity index (χ0) is 14.6. The molecule has 0 aliphatic rings. The van der Waals surface area contributed by atoms with Crippen LogP contribution in [0.4, 0.5) is 5.69 Å². The molecule has 2 N–H and O–H groups in total. The third kappa shape index (κ3) is 3.82. The van der Waals surface area contributed by atoms with E-state index in [0.717, 1.165) is 5.56 Å². The average Bonchev–Trinajstić information content (AvgIpc) is 2.41. The molecule has 0 atom stereocenters. The number of nitrogens with one attached hydrogen (secondary N) is 1. The lowest BCUT2D eigenvalue weighted by atomic mass is 10.1. The molecule has 0 aromatic heterocycles. The third-order valence-electron chi connectivity index (χ3n) is 2.71. The van der Waals surface area contributed by atoms with Crippen LogP contribution in [0.3, 0.4) is 0 Å². The Morgan fingerprint density at radius 1 is 1.10 bits per heavy atom. The maximum absolute atomic E-state index is 12.2. The van der Waals surface area contributed by atoms with E-state index in [4.69, 9.17) is 5.11 Å². The number of hydrogen-bond donors (Lipinski definition) is 2. The highest BCUT2D eigenvalue weighted by Crippen LogP contribution is 2.19. The van der Waals surface area contributed by atoms with Crippen LogP contribution in [0.2, 0.25) is 0 Å². The number of rotatable bonds is 5. The average molecular weight is 356 g/mol. The van der Waals surface area contributed by atoms with Gasteiger partial charge < -0.3 is 5.11 Å². The number of halogens is 1. The second kappa shape index (κ2) is 6.39. The van der Waals surface area contributed by atoms with Crippen molar-refractivity contribution in [3.05, 3.63) is 58.6 Å². The summed E-state index contributed by atoms with van der Waals surface area (Å²) in [5.41, 5.74) is 1.45. The fourth-order valence-electron chi connectivity index (χ4n) is 1.72. The van der Waals surface area contributed by atoms with E-state index < -0.39 is 10.0 Å². The summed E-state index contributed by atoms with van der Waals surface area (Å²) in [5, 5.41) is 8.83. The van der Waals surface area contributed by atoms with Crippen molar-refractivity contribution in [1.29, 1.82) is 0 Å². The maximum atomic E-state index is 12.2. The molecule has 20 heavy (non-hydrogen) atoms. The topological polar surface area (TPSA) is 66.4 Å². The standard InChI is InChI=1S/C14H14BrNO3S/c15-12-2-1-3-14(10-12)20(18,19)16-13-6-4-11(5-7-13)8-9-17/h1-7,10,16-17H,8-9H2. The molecule has 2 aromatic rings. The molecule has 0 spiro atoms. The molecule has 4 nitrogen and oxygen atoms in total. The molecular formula is C14H14BrNO3S. The van der Waals surface area contributed by atoms with E-state index in [2.05, 4.69) is 20.7 Å². The summed E-state index contributed by atoms with van der Waals surface area (Å²) in [5.74, 6) is 0. The van der Waals surface area contributed by atoms with E-state index in [1.165, 1.54) is 6.07 Å². The predicted octanol–water partition coefficient (Wildman–Crippen LogP) is 2.78. The van der Waals surface area contributed by atoms with Crippen LogP contribution in [0, 0.1) is 0 Å². The van der Waals surface area contributed by atoms with Crippen LogP contribution in [-0.4, -0.2) is 20.1 Å². The summed E-state index contributed by atoms with van der Waals surface area (Å²) in [6.45, 7) is 0.0725. The molecule has 0 aliphatic heterocycles. The molecule has 2 aromatic carbocycles. The van der Waals surface area contributed by atoms with Crippen LogP contribution in [-0.2, 0) is 16.4 Å². The highest BCUT2D eigenvalue weighted by Gasteiger charge is 2.14. The van der Waals surface area contributed by atoms with Gasteiger partial charge in [-0.25, -0.2) is 8.42 Å². The van der Waals surface area contributed by atoms with E-state index in [1.807, 2.05) is 0 Å². The van der Waals surface area contributed by atoms with Gasteiger partial charge in [0.15, 0.2) is 0 Å². The quantitative estimate of drug-likeness (QED) is 0.866. The van der Waals surface area contributed by atoms with E-state index in [0.29, 0.717) is 16.6 Å². The Kier molecular flexibility index (Phi) is 4.80. The number of anilines is 1. The van der Waals surface area contributed by atoms with Crippen molar-refractivity contribution in [3.8, 4) is 0 Å². The Bertz CT molecular complexity index is 684. The molecule has 0 amide bonds. The van der Waals surface area contributed by atoms with Gasteiger partial charge in [0.05, 0.1) is 4.90 Å². The largest absolute Gasteiger partial charge is 0.396 e. The van der Waals surface area contributed by atoms with Crippen molar-refractivity contribution in [2.24, 2.45) is 0 Å².